The van der Waals surface area contributed by atoms with E-state index in [9.17, 15) is 13.2 Å². The van der Waals surface area contributed by atoms with Gasteiger partial charge in [-0.3, -0.25) is 4.79 Å². The third-order valence-corrected chi connectivity index (χ3v) is 6.53. The predicted molar refractivity (Wildman–Crippen MR) is 87.7 cm³/mol. The number of sulfonamides is 1. The summed E-state index contributed by atoms with van der Waals surface area (Å²) in [4.78, 5) is 12.1. The van der Waals surface area contributed by atoms with Gasteiger partial charge >= 0.3 is 5.97 Å². The molecule has 122 valence electrons. The van der Waals surface area contributed by atoms with Crippen molar-refractivity contribution in [3.05, 3.63) is 34.3 Å². The van der Waals surface area contributed by atoms with E-state index in [1.807, 2.05) is 24.3 Å². The molecule has 22 heavy (non-hydrogen) atoms. The molecule has 0 amide bonds. The molecule has 2 rings (SSSR count). The lowest BCUT2D eigenvalue weighted by Gasteiger charge is -2.29. The first-order valence-corrected chi connectivity index (χ1v) is 9.72. The first kappa shape index (κ1) is 17.4. The zero-order chi connectivity index (χ0) is 16.2. The van der Waals surface area contributed by atoms with Crippen LogP contribution < -0.4 is 0 Å². The maximum Gasteiger partial charge on any atom is 0.309 e. The molecule has 0 radical (unpaired) electrons. The Morgan fingerprint density at radius 2 is 1.95 bits per heavy atom. The van der Waals surface area contributed by atoms with E-state index >= 15 is 0 Å². The van der Waals surface area contributed by atoms with E-state index in [-0.39, 0.29) is 24.2 Å². The summed E-state index contributed by atoms with van der Waals surface area (Å²) in [5, 5.41) is 0. The Morgan fingerprint density at radius 3 is 2.55 bits per heavy atom. The van der Waals surface area contributed by atoms with Gasteiger partial charge in [-0.25, -0.2) is 12.7 Å². The minimum Gasteiger partial charge on any atom is -0.461 e. The first-order valence-electron chi connectivity index (χ1n) is 7.32. The van der Waals surface area contributed by atoms with Gasteiger partial charge in [-0.05, 0) is 25.8 Å². The molecule has 0 N–H and O–H groups in total. The summed E-state index contributed by atoms with van der Waals surface area (Å²) >= 11 is 3.42. The van der Waals surface area contributed by atoms with Crippen molar-refractivity contribution in [1.82, 2.24) is 4.31 Å². The van der Waals surface area contributed by atoms with Crippen LogP contribution in [0.2, 0.25) is 0 Å². The van der Waals surface area contributed by atoms with E-state index < -0.39 is 10.0 Å². The molecule has 0 saturated carbocycles. The number of esters is 1. The highest BCUT2D eigenvalue weighted by Gasteiger charge is 2.30. The molecule has 1 aliphatic heterocycles. The fourth-order valence-electron chi connectivity index (χ4n) is 2.43. The number of halogens is 1. The number of piperidine rings is 1. The lowest BCUT2D eigenvalue weighted by Crippen LogP contribution is -2.41. The molecule has 0 unspecified atom stereocenters. The number of ether oxygens (including phenoxy) is 1. The van der Waals surface area contributed by atoms with E-state index in [0.29, 0.717) is 25.9 Å². The standard InChI is InChI=1S/C15H20BrNO4S/c1-2-22(19,20)17-9-7-12(8-10-17)15(18)21-11-13-5-3-4-6-14(13)16/h3-6,12H,2,7-11H2,1H3. The highest BCUT2D eigenvalue weighted by atomic mass is 79.9. The average molecular weight is 390 g/mol. The molecule has 0 spiro atoms. The number of hydrogen-bond acceptors (Lipinski definition) is 4. The Bertz CT molecular complexity index is 624. The maximum atomic E-state index is 12.1. The first-order chi connectivity index (χ1) is 10.4. The van der Waals surface area contributed by atoms with E-state index in [2.05, 4.69) is 15.9 Å². The Balaban J connectivity index is 1.84. The molecule has 0 aromatic heterocycles. The third-order valence-electron chi connectivity index (χ3n) is 3.87. The Hall–Kier alpha value is -0.920. The fourth-order valence-corrected chi connectivity index (χ4v) is 3.97. The zero-order valence-electron chi connectivity index (χ0n) is 12.5. The lowest BCUT2D eigenvalue weighted by molar-refractivity contribution is -0.151. The van der Waals surface area contributed by atoms with Crippen LogP contribution in [0.4, 0.5) is 0 Å². The molecule has 1 aromatic rings. The normalized spacial score (nSPS) is 17.4. The van der Waals surface area contributed by atoms with Gasteiger partial charge in [0.2, 0.25) is 10.0 Å². The minimum absolute atomic E-state index is 0.101. The van der Waals surface area contributed by atoms with Crippen molar-refractivity contribution < 1.29 is 17.9 Å². The van der Waals surface area contributed by atoms with Crippen molar-refractivity contribution in [1.29, 1.82) is 0 Å². The zero-order valence-corrected chi connectivity index (χ0v) is 14.9. The minimum atomic E-state index is -3.16. The highest BCUT2D eigenvalue weighted by molar-refractivity contribution is 9.10. The molecule has 5 nitrogen and oxygen atoms in total. The quantitative estimate of drug-likeness (QED) is 0.725. The molecule has 1 fully saturated rings. The van der Waals surface area contributed by atoms with Crippen LogP contribution in [0.3, 0.4) is 0 Å². The monoisotopic (exact) mass is 389 g/mol. The molecule has 0 aliphatic carbocycles. The summed E-state index contributed by atoms with van der Waals surface area (Å²) in [5.41, 5.74) is 0.918. The van der Waals surface area contributed by atoms with Crippen LogP contribution in [0.25, 0.3) is 0 Å². The summed E-state index contributed by atoms with van der Waals surface area (Å²) in [6.07, 6.45) is 1.04. The van der Waals surface area contributed by atoms with Crippen LogP contribution in [-0.2, 0) is 26.2 Å². The van der Waals surface area contributed by atoms with Crippen LogP contribution in [0.15, 0.2) is 28.7 Å². The van der Waals surface area contributed by atoms with E-state index in [1.54, 1.807) is 6.92 Å². The van der Waals surface area contributed by atoms with Gasteiger partial charge in [-0.1, -0.05) is 34.1 Å². The van der Waals surface area contributed by atoms with Gasteiger partial charge in [0.1, 0.15) is 6.61 Å². The molecule has 1 aromatic carbocycles. The molecule has 7 heteroatoms. The number of rotatable bonds is 5. The van der Waals surface area contributed by atoms with Gasteiger partial charge in [-0.2, -0.15) is 0 Å². The van der Waals surface area contributed by atoms with Crippen LogP contribution in [-0.4, -0.2) is 37.5 Å². The van der Waals surface area contributed by atoms with Crippen LogP contribution in [0, 0.1) is 5.92 Å². The third kappa shape index (κ3) is 4.30. The number of carbonyl (C=O) groups excluding carboxylic acids is 1. The molecule has 1 heterocycles. The Kier molecular flexibility index (Phi) is 6.00. The predicted octanol–water partition coefficient (Wildman–Crippen LogP) is 2.55. The largest absolute Gasteiger partial charge is 0.461 e. The van der Waals surface area contributed by atoms with E-state index in [1.165, 1.54) is 4.31 Å². The number of carbonyl (C=O) groups is 1. The van der Waals surface area contributed by atoms with Gasteiger partial charge in [0.15, 0.2) is 0 Å². The second-order valence-corrected chi connectivity index (χ2v) is 8.38. The molecule has 0 bridgehead atoms. The van der Waals surface area contributed by atoms with Gasteiger partial charge in [-0.15, -0.1) is 0 Å². The summed E-state index contributed by atoms with van der Waals surface area (Å²) < 4.78 is 31.3. The number of benzene rings is 1. The maximum absolute atomic E-state index is 12.1. The van der Waals surface area contributed by atoms with Crippen LogP contribution in [0.1, 0.15) is 25.3 Å². The van der Waals surface area contributed by atoms with Crippen molar-refractivity contribution in [2.24, 2.45) is 5.92 Å². The average Bonchev–Trinajstić information content (AvgIpc) is 2.54. The van der Waals surface area contributed by atoms with E-state index in [4.69, 9.17) is 4.74 Å². The van der Waals surface area contributed by atoms with Crippen molar-refractivity contribution in [3.63, 3.8) is 0 Å². The van der Waals surface area contributed by atoms with Crippen molar-refractivity contribution >= 4 is 31.9 Å². The second kappa shape index (κ2) is 7.57. The summed E-state index contributed by atoms with van der Waals surface area (Å²) in [7, 11) is -3.16. The van der Waals surface area contributed by atoms with Crippen LogP contribution >= 0.6 is 15.9 Å². The van der Waals surface area contributed by atoms with Crippen molar-refractivity contribution in [2.45, 2.75) is 26.4 Å². The molecule has 1 aliphatic rings. The smallest absolute Gasteiger partial charge is 0.309 e. The number of hydrogen-bond donors (Lipinski definition) is 0. The summed E-state index contributed by atoms with van der Waals surface area (Å²) in [6.45, 7) is 2.65. The lowest BCUT2D eigenvalue weighted by atomic mass is 9.98. The van der Waals surface area contributed by atoms with Crippen molar-refractivity contribution in [3.8, 4) is 0 Å². The Morgan fingerprint density at radius 1 is 1.32 bits per heavy atom. The van der Waals surface area contributed by atoms with Gasteiger partial charge in [0, 0.05) is 23.1 Å². The van der Waals surface area contributed by atoms with Gasteiger partial charge < -0.3 is 4.74 Å². The topological polar surface area (TPSA) is 63.7 Å². The summed E-state index contributed by atoms with van der Waals surface area (Å²) in [5.74, 6) is -0.362. The molecule has 0 atom stereocenters. The molecular formula is C15H20BrNO4S. The van der Waals surface area contributed by atoms with E-state index in [0.717, 1.165) is 10.0 Å². The fraction of sp³-hybridized carbons (Fsp3) is 0.533. The Labute approximate surface area is 139 Å². The second-order valence-electron chi connectivity index (χ2n) is 5.27. The highest BCUT2D eigenvalue weighted by Crippen LogP contribution is 2.22. The number of nitrogens with zero attached hydrogens (tertiary/aromatic N) is 1. The van der Waals surface area contributed by atoms with Crippen molar-refractivity contribution in [2.75, 3.05) is 18.8 Å². The molecule has 1 saturated heterocycles. The van der Waals surface area contributed by atoms with Crippen LogP contribution in [0.5, 0.6) is 0 Å². The molecular weight excluding hydrogens is 370 g/mol. The summed E-state index contributed by atoms with van der Waals surface area (Å²) in [6, 6.07) is 7.59. The van der Waals surface area contributed by atoms with Gasteiger partial charge in [0.05, 0.1) is 11.7 Å². The van der Waals surface area contributed by atoms with Gasteiger partial charge in [0.25, 0.3) is 0 Å². The SMILES string of the molecule is CCS(=O)(=O)N1CCC(C(=O)OCc2ccccc2Br)CC1.